The maximum absolute atomic E-state index is 13.1. The van der Waals surface area contributed by atoms with Crippen LogP contribution in [-0.2, 0) is 11.3 Å². The third-order valence-electron chi connectivity index (χ3n) is 2.56. The zero-order valence-corrected chi connectivity index (χ0v) is 7.95. The maximum Gasteiger partial charge on any atom is 0.128 e. The van der Waals surface area contributed by atoms with E-state index in [0.29, 0.717) is 12.2 Å². The minimum atomic E-state index is -0.198. The molecule has 0 spiro atoms. The van der Waals surface area contributed by atoms with Gasteiger partial charge in [0.05, 0.1) is 12.7 Å². The molecule has 1 aliphatic carbocycles. The monoisotopic (exact) mass is 195 g/mol. The lowest BCUT2D eigenvalue weighted by atomic mass is 9.90. The Balaban J connectivity index is 1.83. The van der Waals surface area contributed by atoms with Gasteiger partial charge >= 0.3 is 0 Å². The van der Waals surface area contributed by atoms with Crippen LogP contribution in [0.5, 0.6) is 0 Å². The molecule has 0 unspecified atom stereocenters. The molecule has 0 radical (unpaired) electrons. The fourth-order valence-electron chi connectivity index (χ4n) is 1.57. The Hall–Kier alpha value is -0.930. The summed E-state index contributed by atoms with van der Waals surface area (Å²) in [5, 5.41) is 0. The van der Waals surface area contributed by atoms with Crippen molar-refractivity contribution in [3.8, 4) is 0 Å². The first-order valence-electron chi connectivity index (χ1n) is 4.86. The molecule has 0 amide bonds. The fourth-order valence-corrected chi connectivity index (χ4v) is 1.57. The van der Waals surface area contributed by atoms with Gasteiger partial charge in [0, 0.05) is 11.6 Å². The number of hydrogen-bond donors (Lipinski definition) is 1. The average Bonchev–Trinajstić information content (AvgIpc) is 2.13. The van der Waals surface area contributed by atoms with E-state index in [2.05, 4.69) is 0 Å². The van der Waals surface area contributed by atoms with E-state index in [0.717, 1.165) is 12.8 Å². The van der Waals surface area contributed by atoms with Crippen molar-refractivity contribution in [2.75, 3.05) is 0 Å². The molecule has 3 heteroatoms. The zero-order chi connectivity index (χ0) is 9.97. The highest BCUT2D eigenvalue weighted by Crippen LogP contribution is 2.22. The van der Waals surface area contributed by atoms with Gasteiger partial charge in [-0.1, -0.05) is 18.2 Å². The highest BCUT2D eigenvalue weighted by molar-refractivity contribution is 5.16. The first kappa shape index (κ1) is 9.62. The minimum absolute atomic E-state index is 0.198. The third kappa shape index (κ3) is 2.11. The van der Waals surface area contributed by atoms with Gasteiger partial charge in [0.25, 0.3) is 0 Å². The molecule has 14 heavy (non-hydrogen) atoms. The molecule has 0 heterocycles. The van der Waals surface area contributed by atoms with Crippen LogP contribution in [0.1, 0.15) is 18.4 Å². The summed E-state index contributed by atoms with van der Waals surface area (Å²) >= 11 is 0. The predicted octanol–water partition coefficient (Wildman–Crippen LogP) is 1.83. The van der Waals surface area contributed by atoms with E-state index >= 15 is 0 Å². The van der Waals surface area contributed by atoms with Crippen molar-refractivity contribution in [3.05, 3.63) is 35.6 Å². The maximum atomic E-state index is 13.1. The van der Waals surface area contributed by atoms with E-state index < -0.39 is 0 Å². The standard InChI is InChI=1S/C11H14FNO/c12-11-4-2-1-3-8(11)7-14-10-5-9(13)6-10/h1-4,9-10H,5-7,13H2. The van der Waals surface area contributed by atoms with E-state index in [1.54, 1.807) is 12.1 Å². The Morgan fingerprint density at radius 1 is 1.36 bits per heavy atom. The number of nitrogens with two attached hydrogens (primary N) is 1. The molecule has 2 rings (SSSR count). The molecule has 76 valence electrons. The van der Waals surface area contributed by atoms with Crippen molar-refractivity contribution in [1.29, 1.82) is 0 Å². The Morgan fingerprint density at radius 3 is 2.71 bits per heavy atom. The van der Waals surface area contributed by atoms with Gasteiger partial charge in [0.2, 0.25) is 0 Å². The van der Waals surface area contributed by atoms with E-state index in [1.807, 2.05) is 6.07 Å². The third-order valence-corrected chi connectivity index (χ3v) is 2.56. The summed E-state index contributed by atoms with van der Waals surface area (Å²) in [6.45, 7) is 0.351. The van der Waals surface area contributed by atoms with E-state index in [1.165, 1.54) is 6.07 Å². The Bertz CT molecular complexity index is 310. The van der Waals surface area contributed by atoms with Crippen molar-refractivity contribution in [2.24, 2.45) is 5.73 Å². The SMILES string of the molecule is NC1CC(OCc2ccccc2F)C1. The van der Waals surface area contributed by atoms with Crippen LogP contribution < -0.4 is 5.73 Å². The molecule has 0 aliphatic heterocycles. The van der Waals surface area contributed by atoms with Crippen LogP contribution in [0, 0.1) is 5.82 Å². The van der Waals surface area contributed by atoms with Crippen LogP contribution >= 0.6 is 0 Å². The van der Waals surface area contributed by atoms with Crippen LogP contribution in [0.2, 0.25) is 0 Å². The molecule has 1 aromatic carbocycles. The molecule has 2 nitrogen and oxygen atoms in total. The molecule has 1 aliphatic rings. The van der Waals surface area contributed by atoms with Gasteiger partial charge in [-0.2, -0.15) is 0 Å². The topological polar surface area (TPSA) is 35.2 Å². The molecular formula is C11H14FNO. The van der Waals surface area contributed by atoms with Crippen LogP contribution in [0.4, 0.5) is 4.39 Å². The fraction of sp³-hybridized carbons (Fsp3) is 0.455. The molecule has 0 atom stereocenters. The first-order valence-corrected chi connectivity index (χ1v) is 4.86. The first-order chi connectivity index (χ1) is 6.75. The zero-order valence-electron chi connectivity index (χ0n) is 7.95. The Kier molecular flexibility index (Phi) is 2.79. The molecule has 0 saturated heterocycles. The second-order valence-corrected chi connectivity index (χ2v) is 3.76. The van der Waals surface area contributed by atoms with Crippen molar-refractivity contribution in [1.82, 2.24) is 0 Å². The van der Waals surface area contributed by atoms with Crippen molar-refractivity contribution in [3.63, 3.8) is 0 Å². The molecule has 2 N–H and O–H groups in total. The van der Waals surface area contributed by atoms with Gasteiger partial charge in [-0.3, -0.25) is 0 Å². The molecule has 0 bridgehead atoms. The van der Waals surface area contributed by atoms with Crippen LogP contribution in [0.15, 0.2) is 24.3 Å². The van der Waals surface area contributed by atoms with Gasteiger partial charge in [-0.05, 0) is 18.9 Å². The summed E-state index contributed by atoms with van der Waals surface area (Å²) < 4.78 is 18.6. The molecule has 1 aromatic rings. The smallest absolute Gasteiger partial charge is 0.128 e. The van der Waals surface area contributed by atoms with E-state index in [9.17, 15) is 4.39 Å². The van der Waals surface area contributed by atoms with Gasteiger partial charge in [0.1, 0.15) is 5.82 Å². The largest absolute Gasteiger partial charge is 0.373 e. The molecule has 0 aromatic heterocycles. The molecule has 1 saturated carbocycles. The van der Waals surface area contributed by atoms with Gasteiger partial charge in [-0.25, -0.2) is 4.39 Å². The second kappa shape index (κ2) is 4.07. The van der Waals surface area contributed by atoms with Crippen LogP contribution in [0.3, 0.4) is 0 Å². The second-order valence-electron chi connectivity index (χ2n) is 3.76. The summed E-state index contributed by atoms with van der Waals surface area (Å²) in [7, 11) is 0. The summed E-state index contributed by atoms with van der Waals surface area (Å²) in [4.78, 5) is 0. The lowest BCUT2D eigenvalue weighted by Crippen LogP contribution is -2.41. The van der Waals surface area contributed by atoms with Gasteiger partial charge < -0.3 is 10.5 Å². The van der Waals surface area contributed by atoms with Gasteiger partial charge in [-0.15, -0.1) is 0 Å². The van der Waals surface area contributed by atoms with Crippen LogP contribution in [0.25, 0.3) is 0 Å². The summed E-state index contributed by atoms with van der Waals surface area (Å²) in [6, 6.07) is 6.96. The van der Waals surface area contributed by atoms with E-state index in [4.69, 9.17) is 10.5 Å². The van der Waals surface area contributed by atoms with Crippen molar-refractivity contribution < 1.29 is 9.13 Å². The highest BCUT2D eigenvalue weighted by Gasteiger charge is 2.26. The number of rotatable bonds is 3. The number of benzene rings is 1. The molecular weight excluding hydrogens is 181 g/mol. The highest BCUT2D eigenvalue weighted by atomic mass is 19.1. The average molecular weight is 195 g/mol. The lowest BCUT2D eigenvalue weighted by Gasteiger charge is -2.32. The quantitative estimate of drug-likeness (QED) is 0.798. The van der Waals surface area contributed by atoms with Crippen molar-refractivity contribution in [2.45, 2.75) is 31.6 Å². The Labute approximate surface area is 82.9 Å². The molecule has 1 fully saturated rings. The summed E-state index contributed by atoms with van der Waals surface area (Å²) in [5.74, 6) is -0.198. The number of hydrogen-bond acceptors (Lipinski definition) is 2. The van der Waals surface area contributed by atoms with Gasteiger partial charge in [0.15, 0.2) is 0 Å². The number of ether oxygens (including phenoxy) is 1. The van der Waals surface area contributed by atoms with Crippen LogP contribution in [-0.4, -0.2) is 12.1 Å². The Morgan fingerprint density at radius 2 is 2.07 bits per heavy atom. The predicted molar refractivity (Wildman–Crippen MR) is 52.2 cm³/mol. The lowest BCUT2D eigenvalue weighted by molar-refractivity contribution is -0.0198. The normalized spacial score (nSPS) is 25.9. The minimum Gasteiger partial charge on any atom is -0.373 e. The summed E-state index contributed by atoms with van der Waals surface area (Å²) in [5.41, 5.74) is 6.23. The van der Waals surface area contributed by atoms with E-state index in [-0.39, 0.29) is 18.0 Å². The summed E-state index contributed by atoms with van der Waals surface area (Å²) in [6.07, 6.45) is 2.02. The van der Waals surface area contributed by atoms with Crippen molar-refractivity contribution >= 4 is 0 Å². The number of halogens is 1.